The predicted molar refractivity (Wildman–Crippen MR) is 88.3 cm³/mol. The molecule has 0 saturated heterocycles. The lowest BCUT2D eigenvalue weighted by molar-refractivity contribution is 0.635. The zero-order valence-corrected chi connectivity index (χ0v) is 13.4. The van der Waals surface area contributed by atoms with E-state index in [0.717, 1.165) is 47.2 Å². The van der Waals surface area contributed by atoms with Crippen molar-refractivity contribution in [3.63, 3.8) is 0 Å². The van der Waals surface area contributed by atoms with Crippen molar-refractivity contribution in [2.45, 2.75) is 26.3 Å². The fourth-order valence-corrected chi connectivity index (χ4v) is 4.32. The Labute approximate surface area is 132 Å². The maximum Gasteiger partial charge on any atom is 0.194 e. The van der Waals surface area contributed by atoms with Crippen LogP contribution in [0.3, 0.4) is 0 Å². The summed E-state index contributed by atoms with van der Waals surface area (Å²) < 4.78 is 2.38. The third-order valence-electron chi connectivity index (χ3n) is 4.02. The number of aryl methyl sites for hydroxylation is 1. The number of imidazole rings is 1. The van der Waals surface area contributed by atoms with Gasteiger partial charge in [0, 0.05) is 40.7 Å². The molecule has 1 aliphatic heterocycles. The van der Waals surface area contributed by atoms with Gasteiger partial charge in [-0.1, -0.05) is 42.0 Å². The summed E-state index contributed by atoms with van der Waals surface area (Å²) >= 11 is 7.81. The van der Waals surface area contributed by atoms with E-state index in [1.165, 1.54) is 16.3 Å². The molecule has 0 amide bonds. The zero-order chi connectivity index (χ0) is 14.4. The normalized spacial score (nSPS) is 14.6. The maximum absolute atomic E-state index is 5.99. The van der Waals surface area contributed by atoms with Crippen molar-refractivity contribution in [1.82, 2.24) is 14.7 Å². The van der Waals surface area contributed by atoms with Crippen LogP contribution >= 0.6 is 22.9 Å². The van der Waals surface area contributed by atoms with Crippen molar-refractivity contribution >= 4 is 27.9 Å². The number of halogens is 1. The number of hydrogen-bond acceptors (Lipinski definition) is 3. The first-order valence-corrected chi connectivity index (χ1v) is 8.46. The average molecular weight is 318 g/mol. The standard InChI is InChI=1S/C16H16ClN3S/c1-2-12-15(10-3-5-11(17)6-4-10)19-16-20(12)13-7-8-18-9-14(13)21-16/h3-6,18H,2,7-9H2,1H3. The molecular formula is C16H16ClN3S. The number of fused-ring (bicyclic) bond motifs is 3. The number of hydrogen-bond donors (Lipinski definition) is 1. The fraction of sp³-hybridized carbons (Fsp3) is 0.312. The van der Waals surface area contributed by atoms with E-state index in [-0.39, 0.29) is 0 Å². The van der Waals surface area contributed by atoms with Crippen molar-refractivity contribution in [1.29, 1.82) is 0 Å². The molecule has 3 aromatic rings. The molecule has 1 N–H and O–H groups in total. The van der Waals surface area contributed by atoms with Gasteiger partial charge in [0.2, 0.25) is 0 Å². The average Bonchev–Trinajstić information content (AvgIpc) is 3.03. The molecular weight excluding hydrogens is 302 g/mol. The van der Waals surface area contributed by atoms with Crippen molar-refractivity contribution in [2.75, 3.05) is 6.54 Å². The Morgan fingerprint density at radius 3 is 2.90 bits per heavy atom. The third kappa shape index (κ3) is 2.09. The molecule has 108 valence electrons. The van der Waals surface area contributed by atoms with E-state index in [1.807, 2.05) is 23.5 Å². The van der Waals surface area contributed by atoms with Crippen LogP contribution in [0, 0.1) is 0 Å². The molecule has 0 unspecified atom stereocenters. The Morgan fingerprint density at radius 2 is 2.14 bits per heavy atom. The largest absolute Gasteiger partial charge is 0.311 e. The van der Waals surface area contributed by atoms with Gasteiger partial charge in [0.25, 0.3) is 0 Å². The summed E-state index contributed by atoms with van der Waals surface area (Å²) in [5.74, 6) is 0. The first-order chi connectivity index (χ1) is 10.3. The molecule has 1 aromatic carbocycles. The molecule has 0 saturated carbocycles. The van der Waals surface area contributed by atoms with Crippen LogP contribution in [0.2, 0.25) is 5.02 Å². The van der Waals surface area contributed by atoms with Crippen molar-refractivity contribution in [3.8, 4) is 11.3 Å². The second-order valence-corrected chi connectivity index (χ2v) is 6.78. The van der Waals surface area contributed by atoms with Crippen molar-refractivity contribution in [2.24, 2.45) is 0 Å². The molecule has 21 heavy (non-hydrogen) atoms. The van der Waals surface area contributed by atoms with Gasteiger partial charge in [0.1, 0.15) is 0 Å². The van der Waals surface area contributed by atoms with E-state index in [2.05, 4.69) is 28.8 Å². The summed E-state index contributed by atoms with van der Waals surface area (Å²) in [5.41, 5.74) is 5.00. The van der Waals surface area contributed by atoms with E-state index >= 15 is 0 Å². The van der Waals surface area contributed by atoms with Crippen LogP contribution in [-0.2, 0) is 19.4 Å². The van der Waals surface area contributed by atoms with Crippen molar-refractivity contribution < 1.29 is 0 Å². The Balaban J connectivity index is 1.94. The molecule has 3 heterocycles. The SMILES string of the molecule is CCc1c(-c2ccc(Cl)cc2)nc2sc3c(n12)CCNC3. The highest BCUT2D eigenvalue weighted by atomic mass is 35.5. The third-order valence-corrected chi connectivity index (χ3v) is 5.36. The van der Waals surface area contributed by atoms with Crippen molar-refractivity contribution in [3.05, 3.63) is 45.6 Å². The molecule has 4 rings (SSSR count). The second-order valence-electron chi connectivity index (χ2n) is 5.28. The quantitative estimate of drug-likeness (QED) is 0.776. The van der Waals surface area contributed by atoms with E-state index < -0.39 is 0 Å². The summed E-state index contributed by atoms with van der Waals surface area (Å²) in [6.45, 7) is 4.23. The monoisotopic (exact) mass is 317 g/mol. The lowest BCUT2D eigenvalue weighted by Gasteiger charge is -2.13. The molecule has 0 aliphatic carbocycles. The highest BCUT2D eigenvalue weighted by molar-refractivity contribution is 7.17. The minimum Gasteiger partial charge on any atom is -0.311 e. The van der Waals surface area contributed by atoms with Crippen LogP contribution in [-0.4, -0.2) is 15.9 Å². The summed E-state index contributed by atoms with van der Waals surface area (Å²) in [6, 6.07) is 7.98. The molecule has 0 fully saturated rings. The van der Waals surface area contributed by atoms with Gasteiger partial charge >= 0.3 is 0 Å². The van der Waals surface area contributed by atoms with Crippen LogP contribution in [0.1, 0.15) is 23.2 Å². The fourth-order valence-electron chi connectivity index (χ4n) is 3.03. The van der Waals surface area contributed by atoms with E-state index in [4.69, 9.17) is 16.6 Å². The van der Waals surface area contributed by atoms with Gasteiger partial charge in [0.15, 0.2) is 4.96 Å². The minimum atomic E-state index is 0.765. The number of benzene rings is 1. The molecule has 2 aromatic heterocycles. The van der Waals surface area contributed by atoms with Gasteiger partial charge in [-0.3, -0.25) is 4.40 Å². The smallest absolute Gasteiger partial charge is 0.194 e. The maximum atomic E-state index is 5.99. The summed E-state index contributed by atoms with van der Waals surface area (Å²) in [5, 5.41) is 4.20. The summed E-state index contributed by atoms with van der Waals surface area (Å²) in [6.07, 6.45) is 2.06. The minimum absolute atomic E-state index is 0.765. The number of nitrogens with zero attached hydrogens (tertiary/aromatic N) is 2. The predicted octanol–water partition coefficient (Wildman–Crippen LogP) is 3.92. The van der Waals surface area contributed by atoms with Crippen LogP contribution in [0.4, 0.5) is 0 Å². The Hall–Kier alpha value is -1.36. The highest BCUT2D eigenvalue weighted by Gasteiger charge is 2.22. The number of nitrogens with one attached hydrogen (secondary N) is 1. The van der Waals surface area contributed by atoms with Crippen LogP contribution in [0.5, 0.6) is 0 Å². The Kier molecular flexibility index (Phi) is 3.25. The summed E-state index contributed by atoms with van der Waals surface area (Å²) in [4.78, 5) is 7.45. The van der Waals surface area contributed by atoms with E-state index in [1.54, 1.807) is 0 Å². The number of aromatic nitrogens is 2. The Bertz CT molecular complexity index is 801. The number of rotatable bonds is 2. The van der Waals surface area contributed by atoms with Gasteiger partial charge in [-0.2, -0.15) is 0 Å². The lowest BCUT2D eigenvalue weighted by Crippen LogP contribution is -2.23. The summed E-state index contributed by atoms with van der Waals surface area (Å²) in [7, 11) is 0. The van der Waals surface area contributed by atoms with Gasteiger partial charge in [-0.25, -0.2) is 4.98 Å². The van der Waals surface area contributed by atoms with Crippen LogP contribution < -0.4 is 5.32 Å². The van der Waals surface area contributed by atoms with Gasteiger partial charge in [-0.05, 0) is 18.6 Å². The second kappa shape index (κ2) is 5.13. The molecule has 3 nitrogen and oxygen atoms in total. The van der Waals surface area contributed by atoms with E-state index in [9.17, 15) is 0 Å². The topological polar surface area (TPSA) is 29.3 Å². The first kappa shape index (κ1) is 13.3. The number of thiazole rings is 1. The van der Waals surface area contributed by atoms with Crippen LogP contribution in [0.15, 0.2) is 24.3 Å². The molecule has 0 spiro atoms. The first-order valence-electron chi connectivity index (χ1n) is 7.26. The van der Waals surface area contributed by atoms with Gasteiger partial charge < -0.3 is 5.32 Å². The van der Waals surface area contributed by atoms with E-state index in [0.29, 0.717) is 0 Å². The molecule has 0 radical (unpaired) electrons. The molecule has 0 atom stereocenters. The zero-order valence-electron chi connectivity index (χ0n) is 11.8. The van der Waals surface area contributed by atoms with Gasteiger partial charge in [-0.15, -0.1) is 0 Å². The van der Waals surface area contributed by atoms with Gasteiger partial charge in [0.05, 0.1) is 11.4 Å². The molecule has 1 aliphatic rings. The highest BCUT2D eigenvalue weighted by Crippen LogP contribution is 2.33. The van der Waals surface area contributed by atoms with Crippen LogP contribution in [0.25, 0.3) is 16.2 Å². The molecule has 0 bridgehead atoms. The lowest BCUT2D eigenvalue weighted by atomic mass is 10.1. The molecule has 5 heteroatoms. The Morgan fingerprint density at radius 1 is 1.33 bits per heavy atom.